The number of anilines is 1. The fourth-order valence-corrected chi connectivity index (χ4v) is 2.08. The summed E-state index contributed by atoms with van der Waals surface area (Å²) in [5.41, 5.74) is 3.85. The highest BCUT2D eigenvalue weighted by molar-refractivity contribution is 5.58. The summed E-state index contributed by atoms with van der Waals surface area (Å²) in [4.78, 5) is 2.07. The monoisotopic (exact) mass is 292 g/mol. The van der Waals surface area contributed by atoms with Crippen molar-refractivity contribution in [1.29, 1.82) is 5.26 Å². The fraction of sp³-hybridized carbons (Fsp3) is 0.211. The van der Waals surface area contributed by atoms with Crippen molar-refractivity contribution in [1.82, 2.24) is 0 Å². The number of rotatable bonds is 3. The van der Waals surface area contributed by atoms with E-state index in [-0.39, 0.29) is 0 Å². The highest BCUT2D eigenvalue weighted by Gasteiger charge is 2.08. The van der Waals surface area contributed by atoms with Crippen LogP contribution in [0.3, 0.4) is 0 Å². The van der Waals surface area contributed by atoms with Crippen molar-refractivity contribution in [3.63, 3.8) is 0 Å². The number of hydrogen-bond donors (Lipinski definition) is 0. The zero-order valence-corrected chi connectivity index (χ0v) is 13.4. The third-order valence-corrected chi connectivity index (χ3v) is 3.39. The first-order valence-electron chi connectivity index (χ1n) is 7.14. The van der Waals surface area contributed by atoms with Crippen molar-refractivity contribution in [3.8, 4) is 6.07 Å². The molecule has 0 atom stereocenters. The summed E-state index contributed by atoms with van der Waals surface area (Å²) in [6.07, 6.45) is 7.69. The van der Waals surface area contributed by atoms with Gasteiger partial charge in [0.1, 0.15) is 11.5 Å². The van der Waals surface area contributed by atoms with Crippen molar-refractivity contribution < 1.29 is 4.74 Å². The first-order chi connectivity index (χ1) is 10.5. The average Bonchev–Trinajstić information content (AvgIpc) is 2.52. The summed E-state index contributed by atoms with van der Waals surface area (Å²) in [5, 5.41) is 9.01. The molecule has 0 saturated carbocycles. The van der Waals surface area contributed by atoms with Gasteiger partial charge in [-0.25, -0.2) is 0 Å². The molecule has 1 aromatic rings. The van der Waals surface area contributed by atoms with Crippen LogP contribution in [-0.2, 0) is 4.74 Å². The summed E-state index contributed by atoms with van der Waals surface area (Å²) in [7, 11) is 4.04. The zero-order valence-electron chi connectivity index (χ0n) is 13.4. The van der Waals surface area contributed by atoms with Crippen LogP contribution < -0.4 is 4.90 Å². The molecule has 0 amide bonds. The van der Waals surface area contributed by atoms with Crippen molar-refractivity contribution in [2.24, 2.45) is 0 Å². The van der Waals surface area contributed by atoms with E-state index < -0.39 is 0 Å². The normalized spacial score (nSPS) is 16.5. The maximum atomic E-state index is 9.01. The van der Waals surface area contributed by atoms with E-state index in [1.165, 1.54) is 5.69 Å². The molecule has 2 rings (SSSR count). The molecule has 0 aliphatic carbocycles. The van der Waals surface area contributed by atoms with Crippen molar-refractivity contribution >= 4 is 11.8 Å². The van der Waals surface area contributed by atoms with Gasteiger partial charge in [-0.15, -0.1) is 0 Å². The number of hydrogen-bond acceptors (Lipinski definition) is 3. The van der Waals surface area contributed by atoms with Crippen molar-refractivity contribution in [2.75, 3.05) is 19.0 Å². The molecule has 0 unspecified atom stereocenters. The second kappa shape index (κ2) is 6.82. The lowest BCUT2D eigenvalue weighted by atomic mass is 10.1. The van der Waals surface area contributed by atoms with Crippen LogP contribution in [0, 0.1) is 11.3 Å². The van der Waals surface area contributed by atoms with Crippen LogP contribution in [-0.4, -0.2) is 14.1 Å². The number of nitrogens with zero attached hydrogens (tertiary/aromatic N) is 2. The summed E-state index contributed by atoms with van der Waals surface area (Å²) in [6, 6.07) is 10.5. The molecule has 0 bridgehead atoms. The Morgan fingerprint density at radius 3 is 2.41 bits per heavy atom. The van der Waals surface area contributed by atoms with E-state index in [1.807, 2.05) is 52.2 Å². The van der Waals surface area contributed by atoms with Crippen molar-refractivity contribution in [2.45, 2.75) is 13.8 Å². The molecular weight excluding hydrogens is 272 g/mol. The Labute approximate surface area is 132 Å². The van der Waals surface area contributed by atoms with Crippen LogP contribution in [0.5, 0.6) is 0 Å². The predicted molar refractivity (Wildman–Crippen MR) is 91.0 cm³/mol. The van der Waals surface area contributed by atoms with Gasteiger partial charge < -0.3 is 9.64 Å². The first-order valence-corrected chi connectivity index (χ1v) is 7.14. The highest BCUT2D eigenvalue weighted by atomic mass is 16.5. The van der Waals surface area contributed by atoms with E-state index in [1.54, 1.807) is 0 Å². The van der Waals surface area contributed by atoms with Crippen LogP contribution in [0.15, 0.2) is 65.2 Å². The molecule has 1 heterocycles. The Kier molecular flexibility index (Phi) is 4.85. The minimum absolute atomic E-state index is 0.684. The van der Waals surface area contributed by atoms with Gasteiger partial charge in [0.25, 0.3) is 0 Å². The minimum atomic E-state index is 0.684. The van der Waals surface area contributed by atoms with Gasteiger partial charge in [-0.1, -0.05) is 18.2 Å². The Morgan fingerprint density at radius 1 is 1.14 bits per heavy atom. The van der Waals surface area contributed by atoms with Gasteiger partial charge in [0.2, 0.25) is 0 Å². The molecule has 0 saturated heterocycles. The maximum absolute atomic E-state index is 9.01. The first kappa shape index (κ1) is 15.7. The Bertz CT molecular complexity index is 711. The van der Waals surface area contributed by atoms with Crippen LogP contribution in [0.1, 0.15) is 19.4 Å². The van der Waals surface area contributed by atoms with Gasteiger partial charge in [0.05, 0.1) is 6.07 Å². The molecule has 22 heavy (non-hydrogen) atoms. The summed E-state index contributed by atoms with van der Waals surface area (Å²) in [6.45, 7) is 3.69. The molecular formula is C19H20N2O. The van der Waals surface area contributed by atoms with E-state index in [0.29, 0.717) is 5.57 Å². The average molecular weight is 292 g/mol. The molecule has 0 fully saturated rings. The van der Waals surface area contributed by atoms with Gasteiger partial charge in [0, 0.05) is 25.4 Å². The second-order valence-corrected chi connectivity index (χ2v) is 5.42. The lowest BCUT2D eigenvalue weighted by Gasteiger charge is -2.14. The molecule has 112 valence electrons. The lowest BCUT2D eigenvalue weighted by molar-refractivity contribution is 0.318. The standard InChI is InChI=1S/C19H20N2O/c1-14(13-20)17-11-15(2)22-19(12-17)10-7-16-5-8-18(9-6-16)21(3)4/h5-12H,1-4H3. The summed E-state index contributed by atoms with van der Waals surface area (Å²) < 4.78 is 5.68. The van der Waals surface area contributed by atoms with Gasteiger partial charge in [0.15, 0.2) is 0 Å². The maximum Gasteiger partial charge on any atom is 0.127 e. The topological polar surface area (TPSA) is 36.3 Å². The number of allylic oxidation sites excluding steroid dienone is 6. The predicted octanol–water partition coefficient (Wildman–Crippen LogP) is 4.42. The van der Waals surface area contributed by atoms with Crippen LogP contribution >= 0.6 is 0 Å². The van der Waals surface area contributed by atoms with Gasteiger partial charge >= 0.3 is 0 Å². The number of nitriles is 1. The van der Waals surface area contributed by atoms with Crippen LogP contribution in [0.4, 0.5) is 5.69 Å². The number of benzene rings is 1. The molecule has 0 spiro atoms. The van der Waals surface area contributed by atoms with Crippen molar-refractivity contribution in [3.05, 3.63) is 70.7 Å². The van der Waals surface area contributed by atoms with E-state index in [4.69, 9.17) is 10.00 Å². The Balaban J connectivity index is 2.19. The van der Waals surface area contributed by atoms with Gasteiger partial charge in [-0.05, 0) is 55.3 Å². The fourth-order valence-electron chi connectivity index (χ4n) is 2.08. The van der Waals surface area contributed by atoms with Gasteiger partial charge in [-0.2, -0.15) is 5.26 Å². The molecule has 3 heteroatoms. The van der Waals surface area contributed by atoms with E-state index in [9.17, 15) is 0 Å². The summed E-state index contributed by atoms with van der Waals surface area (Å²) in [5.74, 6) is 1.52. The van der Waals surface area contributed by atoms with E-state index in [0.717, 1.165) is 22.7 Å². The minimum Gasteiger partial charge on any atom is -0.462 e. The Morgan fingerprint density at radius 2 is 1.82 bits per heavy atom. The third kappa shape index (κ3) is 3.89. The lowest BCUT2D eigenvalue weighted by Crippen LogP contribution is -2.07. The van der Waals surface area contributed by atoms with Gasteiger partial charge in [-0.3, -0.25) is 0 Å². The smallest absolute Gasteiger partial charge is 0.127 e. The quantitative estimate of drug-likeness (QED) is 0.773. The van der Waals surface area contributed by atoms with Crippen LogP contribution in [0.2, 0.25) is 0 Å². The van der Waals surface area contributed by atoms with E-state index in [2.05, 4.69) is 35.2 Å². The molecule has 0 N–H and O–H groups in total. The molecule has 0 aromatic heterocycles. The molecule has 1 aliphatic heterocycles. The summed E-state index contributed by atoms with van der Waals surface area (Å²) >= 11 is 0. The van der Waals surface area contributed by atoms with E-state index >= 15 is 0 Å². The van der Waals surface area contributed by atoms with Crippen LogP contribution in [0.25, 0.3) is 6.08 Å². The molecule has 3 nitrogen and oxygen atoms in total. The zero-order chi connectivity index (χ0) is 16.1. The molecule has 0 radical (unpaired) electrons. The SMILES string of the molecule is CC1=CC(=C(C)C#N)C=C(C=Cc2ccc(N(C)C)cc2)O1. The highest BCUT2D eigenvalue weighted by Crippen LogP contribution is 2.23. The molecule has 1 aliphatic rings. The molecule has 1 aromatic carbocycles. The largest absolute Gasteiger partial charge is 0.462 e. The third-order valence-electron chi connectivity index (χ3n) is 3.39. The Hall–Kier alpha value is -2.73. The number of ether oxygens (including phenoxy) is 1. The second-order valence-electron chi connectivity index (χ2n) is 5.42.